The highest BCUT2D eigenvalue weighted by Gasteiger charge is 2.11. The van der Waals surface area contributed by atoms with Gasteiger partial charge in [-0.05, 0) is 37.9 Å². The largest absolute Gasteiger partial charge is 0.491 e. The zero-order chi connectivity index (χ0) is 12.0. The Morgan fingerprint density at radius 2 is 2.25 bits per heavy atom. The molecule has 16 heavy (non-hydrogen) atoms. The molecule has 0 aromatic heterocycles. The van der Waals surface area contributed by atoms with Gasteiger partial charge in [0.05, 0.1) is 6.61 Å². The molecule has 0 saturated carbocycles. The number of nitrogens with one attached hydrogen (secondary N) is 1. The van der Waals surface area contributed by atoms with Crippen LogP contribution in [-0.2, 0) is 0 Å². The molecule has 1 N–H and O–H groups in total. The van der Waals surface area contributed by atoms with E-state index in [1.807, 2.05) is 26.3 Å². The van der Waals surface area contributed by atoms with E-state index in [1.54, 1.807) is 23.9 Å². The van der Waals surface area contributed by atoms with Gasteiger partial charge in [-0.15, -0.1) is 0 Å². The molecule has 0 aliphatic carbocycles. The Kier molecular flexibility index (Phi) is 5.63. The monoisotopic (exact) mass is 243 g/mol. The molecule has 4 heteroatoms. The van der Waals surface area contributed by atoms with Crippen LogP contribution < -0.4 is 10.1 Å². The Labute approximate surface area is 101 Å². The van der Waals surface area contributed by atoms with Gasteiger partial charge >= 0.3 is 0 Å². The molecule has 0 aliphatic heterocycles. The number of halogens is 1. The van der Waals surface area contributed by atoms with Gasteiger partial charge in [0, 0.05) is 11.8 Å². The summed E-state index contributed by atoms with van der Waals surface area (Å²) in [5.41, 5.74) is 0.956. The van der Waals surface area contributed by atoms with E-state index in [0.717, 1.165) is 11.3 Å². The molecule has 0 radical (unpaired) electrons. The summed E-state index contributed by atoms with van der Waals surface area (Å²) in [7, 11) is 1.88. The molecular weight excluding hydrogens is 225 g/mol. The van der Waals surface area contributed by atoms with E-state index in [4.69, 9.17) is 4.74 Å². The first kappa shape index (κ1) is 13.3. The minimum Gasteiger partial charge on any atom is -0.491 e. The SMILES string of the molecule is CCOc1ccc(C(CSC)NC)cc1F. The number of ether oxygens (including phenoxy) is 1. The summed E-state index contributed by atoms with van der Waals surface area (Å²) >= 11 is 1.73. The lowest BCUT2D eigenvalue weighted by Crippen LogP contribution is -2.18. The quantitative estimate of drug-likeness (QED) is 0.830. The second kappa shape index (κ2) is 6.76. The lowest BCUT2D eigenvalue weighted by atomic mass is 10.1. The van der Waals surface area contributed by atoms with E-state index in [9.17, 15) is 4.39 Å². The van der Waals surface area contributed by atoms with Gasteiger partial charge in [-0.1, -0.05) is 6.07 Å². The smallest absolute Gasteiger partial charge is 0.165 e. The van der Waals surface area contributed by atoms with Crippen molar-refractivity contribution in [2.75, 3.05) is 25.7 Å². The fourth-order valence-electron chi connectivity index (χ4n) is 1.52. The van der Waals surface area contributed by atoms with E-state index in [2.05, 4.69) is 5.32 Å². The van der Waals surface area contributed by atoms with Crippen LogP contribution in [0.2, 0.25) is 0 Å². The third-order valence-corrected chi connectivity index (χ3v) is 3.01. The Balaban J connectivity index is 2.85. The molecular formula is C12H18FNOS. The van der Waals surface area contributed by atoms with Crippen LogP contribution in [0.4, 0.5) is 4.39 Å². The highest BCUT2D eigenvalue weighted by atomic mass is 32.2. The van der Waals surface area contributed by atoms with Crippen molar-refractivity contribution in [2.24, 2.45) is 0 Å². The first-order valence-corrected chi connectivity index (χ1v) is 6.70. The summed E-state index contributed by atoms with van der Waals surface area (Å²) in [6, 6.07) is 5.33. The molecule has 0 aliphatic rings. The molecule has 1 aromatic rings. The normalized spacial score (nSPS) is 12.5. The Morgan fingerprint density at radius 1 is 1.50 bits per heavy atom. The van der Waals surface area contributed by atoms with Crippen LogP contribution in [0, 0.1) is 5.82 Å². The highest BCUT2D eigenvalue weighted by molar-refractivity contribution is 7.98. The molecule has 1 unspecified atom stereocenters. The molecule has 0 saturated heterocycles. The van der Waals surface area contributed by atoms with Crippen molar-refractivity contribution >= 4 is 11.8 Å². The summed E-state index contributed by atoms with van der Waals surface area (Å²) < 4.78 is 18.8. The first-order valence-electron chi connectivity index (χ1n) is 5.31. The van der Waals surface area contributed by atoms with Gasteiger partial charge in [-0.25, -0.2) is 4.39 Å². The molecule has 1 aromatic carbocycles. The molecule has 1 atom stereocenters. The molecule has 0 bridgehead atoms. The van der Waals surface area contributed by atoms with E-state index < -0.39 is 0 Å². The van der Waals surface area contributed by atoms with Gasteiger partial charge in [0.1, 0.15) is 0 Å². The molecule has 2 nitrogen and oxygen atoms in total. The fourth-order valence-corrected chi connectivity index (χ4v) is 2.21. The number of hydrogen-bond donors (Lipinski definition) is 1. The van der Waals surface area contributed by atoms with Crippen LogP contribution in [-0.4, -0.2) is 25.7 Å². The predicted octanol–water partition coefficient (Wildman–Crippen LogP) is 2.85. The molecule has 0 fully saturated rings. The molecule has 0 spiro atoms. The first-order chi connectivity index (χ1) is 7.72. The Hall–Kier alpha value is -0.740. The maximum Gasteiger partial charge on any atom is 0.165 e. The Morgan fingerprint density at radius 3 is 2.75 bits per heavy atom. The number of thioether (sulfide) groups is 1. The van der Waals surface area contributed by atoms with Gasteiger partial charge in [0.2, 0.25) is 0 Å². The topological polar surface area (TPSA) is 21.3 Å². The van der Waals surface area contributed by atoms with E-state index in [0.29, 0.717) is 12.4 Å². The fraction of sp³-hybridized carbons (Fsp3) is 0.500. The van der Waals surface area contributed by atoms with Gasteiger partial charge in [-0.2, -0.15) is 11.8 Å². The zero-order valence-corrected chi connectivity index (χ0v) is 10.7. The summed E-state index contributed by atoms with van der Waals surface area (Å²) in [4.78, 5) is 0. The van der Waals surface area contributed by atoms with Gasteiger partial charge in [0.15, 0.2) is 11.6 Å². The van der Waals surface area contributed by atoms with Crippen molar-refractivity contribution in [3.05, 3.63) is 29.6 Å². The van der Waals surface area contributed by atoms with Crippen molar-refractivity contribution in [3.63, 3.8) is 0 Å². The van der Waals surface area contributed by atoms with Crippen LogP contribution in [0.5, 0.6) is 5.75 Å². The lowest BCUT2D eigenvalue weighted by Gasteiger charge is -2.16. The second-order valence-corrected chi connectivity index (χ2v) is 4.33. The third-order valence-electron chi connectivity index (χ3n) is 2.34. The van der Waals surface area contributed by atoms with Crippen molar-refractivity contribution in [1.82, 2.24) is 5.32 Å². The maximum atomic E-state index is 13.6. The number of hydrogen-bond acceptors (Lipinski definition) is 3. The van der Waals surface area contributed by atoms with Gasteiger partial charge < -0.3 is 10.1 Å². The van der Waals surface area contributed by atoms with Crippen LogP contribution in [0.1, 0.15) is 18.5 Å². The minimum absolute atomic E-state index is 0.181. The third kappa shape index (κ3) is 3.39. The predicted molar refractivity (Wildman–Crippen MR) is 67.8 cm³/mol. The summed E-state index contributed by atoms with van der Waals surface area (Å²) in [6.45, 7) is 2.33. The molecule has 0 amide bonds. The lowest BCUT2D eigenvalue weighted by molar-refractivity contribution is 0.321. The average Bonchev–Trinajstić information content (AvgIpc) is 2.29. The zero-order valence-electron chi connectivity index (χ0n) is 9.92. The van der Waals surface area contributed by atoms with E-state index in [1.165, 1.54) is 0 Å². The Bertz CT molecular complexity index is 333. The van der Waals surface area contributed by atoms with Crippen molar-refractivity contribution < 1.29 is 9.13 Å². The highest BCUT2D eigenvalue weighted by Crippen LogP contribution is 2.23. The average molecular weight is 243 g/mol. The van der Waals surface area contributed by atoms with E-state index >= 15 is 0 Å². The second-order valence-electron chi connectivity index (χ2n) is 3.42. The standard InChI is InChI=1S/C12H18FNOS/c1-4-15-12-6-5-9(7-10(12)13)11(14-2)8-16-3/h5-7,11,14H,4,8H2,1-3H3. The van der Waals surface area contributed by atoms with Crippen LogP contribution in [0.25, 0.3) is 0 Å². The van der Waals surface area contributed by atoms with Crippen LogP contribution in [0.3, 0.4) is 0 Å². The van der Waals surface area contributed by atoms with Gasteiger partial charge in [0.25, 0.3) is 0 Å². The number of benzene rings is 1. The summed E-state index contributed by atoms with van der Waals surface area (Å²) in [5.74, 6) is 0.954. The van der Waals surface area contributed by atoms with Crippen molar-refractivity contribution in [3.8, 4) is 5.75 Å². The summed E-state index contributed by atoms with van der Waals surface area (Å²) in [6.07, 6.45) is 2.04. The molecule has 1 rings (SSSR count). The van der Waals surface area contributed by atoms with Crippen molar-refractivity contribution in [2.45, 2.75) is 13.0 Å². The van der Waals surface area contributed by atoms with E-state index in [-0.39, 0.29) is 11.9 Å². The van der Waals surface area contributed by atoms with Crippen molar-refractivity contribution in [1.29, 1.82) is 0 Å². The molecule has 0 heterocycles. The van der Waals surface area contributed by atoms with Gasteiger partial charge in [-0.3, -0.25) is 0 Å². The minimum atomic E-state index is -0.291. The maximum absolute atomic E-state index is 13.6. The molecule has 90 valence electrons. The van der Waals surface area contributed by atoms with Crippen LogP contribution >= 0.6 is 11.8 Å². The van der Waals surface area contributed by atoms with Crippen LogP contribution in [0.15, 0.2) is 18.2 Å². The number of rotatable bonds is 6. The summed E-state index contributed by atoms with van der Waals surface area (Å²) in [5, 5.41) is 3.17.